The van der Waals surface area contributed by atoms with Crippen LogP contribution in [-0.4, -0.2) is 17.7 Å². The van der Waals surface area contributed by atoms with Gasteiger partial charge in [-0.25, -0.2) is 4.90 Å². The van der Waals surface area contributed by atoms with Gasteiger partial charge in [0.1, 0.15) is 0 Å². The van der Waals surface area contributed by atoms with Gasteiger partial charge < -0.3 is 5.32 Å². The number of hydrogen-bond acceptors (Lipinski definition) is 3. The number of rotatable bonds is 3. The zero-order valence-electron chi connectivity index (χ0n) is 14.9. The molecular weight excluding hydrogens is 420 g/mol. The van der Waals surface area contributed by atoms with Gasteiger partial charge in [0.15, 0.2) is 0 Å². The standard InChI is InChI=1S/C22H15BrN2O3/c1-13-11-15(23)9-10-19(13)24-20(26)14-5-4-6-16(12-14)25-21(27)17-7-2-3-8-18(17)22(25)28/h2-12H,1H3,(H,24,26). The summed E-state index contributed by atoms with van der Waals surface area (Å²) in [5, 5.41) is 2.86. The van der Waals surface area contributed by atoms with Gasteiger partial charge in [-0.3, -0.25) is 14.4 Å². The molecule has 0 bridgehead atoms. The number of carbonyl (C=O) groups excluding carboxylic acids is 3. The van der Waals surface area contributed by atoms with Crippen LogP contribution in [0.4, 0.5) is 11.4 Å². The van der Waals surface area contributed by atoms with Crippen LogP contribution in [0, 0.1) is 6.92 Å². The lowest BCUT2D eigenvalue weighted by Gasteiger charge is -2.15. The maximum atomic E-state index is 12.7. The molecule has 1 N–H and O–H groups in total. The molecule has 3 amide bonds. The lowest BCUT2D eigenvalue weighted by Crippen LogP contribution is -2.29. The number of aryl methyl sites for hydroxylation is 1. The smallest absolute Gasteiger partial charge is 0.266 e. The maximum Gasteiger partial charge on any atom is 0.266 e. The van der Waals surface area contributed by atoms with E-state index in [4.69, 9.17) is 0 Å². The summed E-state index contributed by atoms with van der Waals surface area (Å²) in [7, 11) is 0. The monoisotopic (exact) mass is 434 g/mol. The molecule has 0 aliphatic carbocycles. The van der Waals surface area contributed by atoms with Crippen molar-refractivity contribution in [2.45, 2.75) is 6.92 Å². The summed E-state index contributed by atoms with van der Waals surface area (Å²) in [5.41, 5.74) is 3.07. The van der Waals surface area contributed by atoms with Gasteiger partial charge in [-0.15, -0.1) is 0 Å². The molecule has 6 heteroatoms. The number of anilines is 2. The summed E-state index contributed by atoms with van der Waals surface area (Å²) in [5.74, 6) is -1.09. The Morgan fingerprint density at radius 2 is 1.57 bits per heavy atom. The fourth-order valence-electron chi connectivity index (χ4n) is 3.17. The molecule has 3 aromatic carbocycles. The molecule has 0 fully saturated rings. The Balaban J connectivity index is 1.63. The van der Waals surface area contributed by atoms with Gasteiger partial charge in [0.05, 0.1) is 16.8 Å². The van der Waals surface area contributed by atoms with E-state index in [1.165, 1.54) is 0 Å². The average Bonchev–Trinajstić information content (AvgIpc) is 2.95. The van der Waals surface area contributed by atoms with E-state index in [0.717, 1.165) is 14.9 Å². The van der Waals surface area contributed by atoms with Crippen molar-refractivity contribution in [3.63, 3.8) is 0 Å². The second-order valence-electron chi connectivity index (χ2n) is 6.45. The number of nitrogens with zero attached hydrogens (tertiary/aromatic N) is 1. The Morgan fingerprint density at radius 3 is 2.21 bits per heavy atom. The Hall–Kier alpha value is -3.25. The van der Waals surface area contributed by atoms with Gasteiger partial charge in [-0.2, -0.15) is 0 Å². The van der Waals surface area contributed by atoms with Gasteiger partial charge >= 0.3 is 0 Å². The van der Waals surface area contributed by atoms with Crippen molar-refractivity contribution in [2.75, 3.05) is 10.2 Å². The average molecular weight is 435 g/mol. The van der Waals surface area contributed by atoms with Crippen LogP contribution in [0.15, 0.2) is 71.2 Å². The first-order chi connectivity index (χ1) is 13.5. The zero-order chi connectivity index (χ0) is 19.8. The number of fused-ring (bicyclic) bond motifs is 1. The van der Waals surface area contributed by atoms with Crippen molar-refractivity contribution >= 4 is 45.0 Å². The molecule has 3 aromatic rings. The maximum absolute atomic E-state index is 12.7. The Morgan fingerprint density at radius 1 is 0.893 bits per heavy atom. The highest BCUT2D eigenvalue weighted by Crippen LogP contribution is 2.29. The lowest BCUT2D eigenvalue weighted by molar-refractivity contribution is 0.0924. The molecule has 0 aromatic heterocycles. The van der Waals surface area contributed by atoms with Crippen LogP contribution in [-0.2, 0) is 0 Å². The van der Waals surface area contributed by atoms with Crippen LogP contribution in [0.5, 0.6) is 0 Å². The second-order valence-corrected chi connectivity index (χ2v) is 7.37. The van der Waals surface area contributed by atoms with Gasteiger partial charge in [-0.1, -0.05) is 34.1 Å². The van der Waals surface area contributed by atoms with E-state index in [1.807, 2.05) is 25.1 Å². The van der Waals surface area contributed by atoms with Crippen LogP contribution < -0.4 is 10.2 Å². The molecule has 0 unspecified atom stereocenters. The van der Waals surface area contributed by atoms with Crippen LogP contribution in [0.1, 0.15) is 36.6 Å². The third kappa shape index (κ3) is 3.12. The molecule has 0 radical (unpaired) electrons. The van der Waals surface area contributed by atoms with Crippen LogP contribution >= 0.6 is 15.9 Å². The number of benzene rings is 3. The van der Waals surface area contributed by atoms with Crippen LogP contribution in [0.3, 0.4) is 0 Å². The van der Waals surface area contributed by atoms with Crippen molar-refractivity contribution in [1.29, 1.82) is 0 Å². The summed E-state index contributed by atoms with van der Waals surface area (Å²) < 4.78 is 0.927. The molecule has 0 saturated carbocycles. The Bertz CT molecular complexity index is 1110. The first-order valence-corrected chi connectivity index (χ1v) is 9.40. The topological polar surface area (TPSA) is 66.5 Å². The fraction of sp³-hybridized carbons (Fsp3) is 0.0455. The molecule has 5 nitrogen and oxygen atoms in total. The summed E-state index contributed by atoms with van der Waals surface area (Å²) in [6, 6.07) is 18.7. The molecular formula is C22H15BrN2O3. The van der Waals surface area contributed by atoms with E-state index in [9.17, 15) is 14.4 Å². The number of imide groups is 1. The lowest BCUT2D eigenvalue weighted by atomic mass is 10.1. The first kappa shape index (κ1) is 18.1. The summed E-state index contributed by atoms with van der Waals surface area (Å²) in [4.78, 5) is 39.1. The van der Waals surface area contributed by atoms with Crippen molar-refractivity contribution in [1.82, 2.24) is 0 Å². The SMILES string of the molecule is Cc1cc(Br)ccc1NC(=O)c1cccc(N2C(=O)c3ccccc3C2=O)c1. The van der Waals surface area contributed by atoms with E-state index < -0.39 is 0 Å². The number of carbonyl (C=O) groups is 3. The summed E-state index contributed by atoms with van der Waals surface area (Å²) in [6.07, 6.45) is 0. The van der Waals surface area contributed by atoms with Gasteiger partial charge in [0.25, 0.3) is 17.7 Å². The molecule has 0 atom stereocenters. The van der Waals surface area contributed by atoms with Gasteiger partial charge in [0.2, 0.25) is 0 Å². The minimum absolute atomic E-state index is 0.316. The highest BCUT2D eigenvalue weighted by Gasteiger charge is 2.36. The van der Waals surface area contributed by atoms with Crippen molar-refractivity contribution in [3.05, 3.63) is 93.5 Å². The largest absolute Gasteiger partial charge is 0.322 e. The normalized spacial score (nSPS) is 12.9. The van der Waals surface area contributed by atoms with Crippen molar-refractivity contribution in [3.8, 4) is 0 Å². The predicted molar refractivity (Wildman–Crippen MR) is 111 cm³/mol. The minimum atomic E-state index is -0.387. The molecule has 1 heterocycles. The van der Waals surface area contributed by atoms with E-state index in [-0.39, 0.29) is 17.7 Å². The fourth-order valence-corrected chi connectivity index (χ4v) is 3.65. The molecule has 1 aliphatic heterocycles. The van der Waals surface area contributed by atoms with Gasteiger partial charge in [-0.05, 0) is 61.0 Å². The van der Waals surface area contributed by atoms with Crippen LogP contribution in [0.2, 0.25) is 0 Å². The second kappa shape index (κ2) is 7.05. The molecule has 0 saturated heterocycles. The first-order valence-electron chi connectivity index (χ1n) is 8.61. The third-order valence-electron chi connectivity index (χ3n) is 4.60. The molecule has 4 rings (SSSR count). The highest BCUT2D eigenvalue weighted by atomic mass is 79.9. The Kier molecular flexibility index (Phi) is 4.57. The summed E-state index contributed by atoms with van der Waals surface area (Å²) >= 11 is 3.40. The van der Waals surface area contributed by atoms with E-state index in [1.54, 1.807) is 48.5 Å². The quantitative estimate of drug-likeness (QED) is 0.601. The van der Waals surface area contributed by atoms with Gasteiger partial charge in [0, 0.05) is 15.7 Å². The number of nitrogens with one attached hydrogen (secondary N) is 1. The molecule has 28 heavy (non-hydrogen) atoms. The highest BCUT2D eigenvalue weighted by molar-refractivity contribution is 9.10. The minimum Gasteiger partial charge on any atom is -0.322 e. The number of hydrogen-bond donors (Lipinski definition) is 1. The molecule has 138 valence electrons. The van der Waals surface area contributed by atoms with Crippen LogP contribution in [0.25, 0.3) is 0 Å². The zero-order valence-corrected chi connectivity index (χ0v) is 16.5. The van der Waals surface area contributed by atoms with E-state index >= 15 is 0 Å². The number of amides is 3. The van der Waals surface area contributed by atoms with E-state index in [2.05, 4.69) is 21.2 Å². The summed E-state index contributed by atoms with van der Waals surface area (Å²) in [6.45, 7) is 1.90. The van der Waals surface area contributed by atoms with E-state index in [0.29, 0.717) is 28.1 Å². The van der Waals surface area contributed by atoms with Crippen molar-refractivity contribution in [2.24, 2.45) is 0 Å². The van der Waals surface area contributed by atoms with Crippen molar-refractivity contribution < 1.29 is 14.4 Å². The number of halogens is 1. The third-order valence-corrected chi connectivity index (χ3v) is 5.09. The predicted octanol–water partition coefficient (Wildman–Crippen LogP) is 4.81. The molecule has 0 spiro atoms. The molecule has 1 aliphatic rings. The Labute approximate surface area is 170 Å².